The molecule has 9 heteroatoms. The number of aryl methyl sites for hydroxylation is 1. The van der Waals surface area contributed by atoms with Gasteiger partial charge in [0, 0.05) is 31.0 Å². The van der Waals surface area contributed by atoms with Crippen molar-refractivity contribution in [2.24, 2.45) is 7.05 Å². The number of carbonyl (C=O) groups excluding carboxylic acids is 1. The van der Waals surface area contributed by atoms with E-state index in [4.69, 9.17) is 4.74 Å². The highest BCUT2D eigenvalue weighted by molar-refractivity contribution is 7.92. The number of anilines is 1. The Labute approximate surface area is 218 Å². The number of nitrogens with zero attached hydrogens (tertiary/aromatic N) is 2. The molecule has 0 amide bonds. The number of aromatic nitrogens is 2. The largest absolute Gasteiger partial charge is 0.507 e. The smallest absolute Gasteiger partial charge is 0.339 e. The first kappa shape index (κ1) is 26.5. The summed E-state index contributed by atoms with van der Waals surface area (Å²) >= 11 is 0. The van der Waals surface area contributed by atoms with E-state index in [0.717, 1.165) is 18.4 Å². The first-order valence-electron chi connectivity index (χ1n) is 12.5. The van der Waals surface area contributed by atoms with Crippen molar-refractivity contribution in [3.05, 3.63) is 89.5 Å². The van der Waals surface area contributed by atoms with Crippen molar-refractivity contribution in [3.8, 4) is 0 Å². The van der Waals surface area contributed by atoms with Crippen molar-refractivity contribution in [2.45, 2.75) is 62.6 Å². The number of ether oxygens (including phenoxy) is 1. The third-order valence-corrected chi connectivity index (χ3v) is 8.07. The van der Waals surface area contributed by atoms with Gasteiger partial charge in [-0.2, -0.15) is 8.42 Å². The Balaban J connectivity index is 1.78. The van der Waals surface area contributed by atoms with E-state index in [1.807, 2.05) is 50.2 Å². The summed E-state index contributed by atoms with van der Waals surface area (Å²) < 4.78 is 35.7. The van der Waals surface area contributed by atoms with Gasteiger partial charge >= 0.3 is 5.97 Å². The van der Waals surface area contributed by atoms with Crippen molar-refractivity contribution >= 4 is 21.7 Å². The quantitative estimate of drug-likeness (QED) is 0.332. The second-order valence-electron chi connectivity index (χ2n) is 9.44. The van der Waals surface area contributed by atoms with Crippen molar-refractivity contribution in [1.82, 2.24) is 9.55 Å². The van der Waals surface area contributed by atoms with E-state index in [0.29, 0.717) is 30.5 Å². The highest BCUT2D eigenvalue weighted by Crippen LogP contribution is 2.45. The van der Waals surface area contributed by atoms with Crippen LogP contribution in [0, 0.1) is 0 Å². The van der Waals surface area contributed by atoms with Crippen LogP contribution in [-0.2, 0) is 33.0 Å². The number of imidazole rings is 1. The minimum absolute atomic E-state index is 0.0128. The van der Waals surface area contributed by atoms with Gasteiger partial charge in [0.2, 0.25) is 5.16 Å². The third kappa shape index (κ3) is 5.41. The Morgan fingerprint density at radius 2 is 1.78 bits per heavy atom. The molecule has 1 aliphatic rings. The number of hydrogen-bond acceptors (Lipinski definition) is 6. The Morgan fingerprint density at radius 1 is 1.08 bits per heavy atom. The predicted octanol–water partition coefficient (Wildman–Crippen LogP) is 5.26. The Kier molecular flexibility index (Phi) is 7.73. The summed E-state index contributed by atoms with van der Waals surface area (Å²) in [6, 6.07) is 16.6. The summed E-state index contributed by atoms with van der Waals surface area (Å²) in [5, 5.41) is 11.4. The van der Waals surface area contributed by atoms with Gasteiger partial charge in [-0.05, 0) is 42.5 Å². The molecule has 3 aromatic rings. The topological polar surface area (TPSA) is 111 Å². The van der Waals surface area contributed by atoms with Gasteiger partial charge in [0.15, 0.2) is 5.60 Å². The summed E-state index contributed by atoms with van der Waals surface area (Å²) in [7, 11) is -2.32. The van der Waals surface area contributed by atoms with Crippen molar-refractivity contribution in [3.63, 3.8) is 0 Å². The van der Waals surface area contributed by atoms with Gasteiger partial charge in [0.1, 0.15) is 5.76 Å². The van der Waals surface area contributed by atoms with E-state index >= 15 is 0 Å². The lowest BCUT2D eigenvalue weighted by atomic mass is 9.82. The maximum atomic E-state index is 13.3. The van der Waals surface area contributed by atoms with Crippen LogP contribution < -0.4 is 4.72 Å². The number of carbonyl (C=O) groups is 1. The standard InChI is InChI=1S/C28H33N3O5S/c1-4-14-28(15-5-2)25(32)24(26(33)36-28)23(18-20-10-7-6-8-11-20)21-12-9-13-22(19-21)30-37(34,35)27-29-16-17-31(27)3/h6-13,16-17,19,23,30,32H,4-5,14-15,18H2,1-3H3. The minimum atomic E-state index is -3.93. The molecule has 1 aliphatic heterocycles. The van der Waals surface area contributed by atoms with E-state index in [1.54, 1.807) is 31.4 Å². The zero-order chi connectivity index (χ0) is 26.6. The minimum Gasteiger partial charge on any atom is -0.507 e. The fourth-order valence-electron chi connectivity index (χ4n) is 5.07. The maximum Gasteiger partial charge on any atom is 0.339 e. The molecule has 196 valence electrons. The number of aliphatic hydroxyl groups excluding tert-OH is 1. The van der Waals surface area contributed by atoms with E-state index in [1.165, 1.54) is 10.8 Å². The molecule has 4 rings (SSSR count). The van der Waals surface area contributed by atoms with Gasteiger partial charge in [-0.25, -0.2) is 9.78 Å². The fraction of sp³-hybridized carbons (Fsp3) is 0.357. The fourth-order valence-corrected chi connectivity index (χ4v) is 6.24. The third-order valence-electron chi connectivity index (χ3n) is 6.69. The van der Waals surface area contributed by atoms with Gasteiger partial charge in [0.25, 0.3) is 10.0 Å². The van der Waals surface area contributed by atoms with Crippen LogP contribution in [0.2, 0.25) is 0 Å². The second kappa shape index (κ2) is 10.8. The van der Waals surface area contributed by atoms with E-state index in [9.17, 15) is 18.3 Å². The van der Waals surface area contributed by atoms with Crippen molar-refractivity contribution < 1.29 is 23.1 Å². The summed E-state index contributed by atoms with van der Waals surface area (Å²) in [6.07, 6.45) is 5.96. The van der Waals surface area contributed by atoms with Crippen LogP contribution in [0.15, 0.2) is 83.5 Å². The molecule has 1 atom stereocenters. The van der Waals surface area contributed by atoms with Crippen molar-refractivity contribution in [1.29, 1.82) is 0 Å². The number of nitrogens with one attached hydrogen (secondary N) is 1. The number of esters is 1. The highest BCUT2D eigenvalue weighted by atomic mass is 32.2. The molecule has 0 saturated carbocycles. The lowest BCUT2D eigenvalue weighted by molar-refractivity contribution is -0.149. The van der Waals surface area contributed by atoms with Gasteiger partial charge in [-0.15, -0.1) is 0 Å². The molecule has 2 aromatic carbocycles. The number of aliphatic hydroxyl groups is 1. The summed E-state index contributed by atoms with van der Waals surface area (Å²) in [5.41, 5.74) is 1.20. The Bertz CT molecular complexity index is 1390. The molecular formula is C28H33N3O5S. The molecule has 0 saturated heterocycles. The Hall–Kier alpha value is -3.59. The van der Waals surface area contributed by atoms with Crippen LogP contribution >= 0.6 is 0 Å². The highest BCUT2D eigenvalue weighted by Gasteiger charge is 2.49. The second-order valence-corrected chi connectivity index (χ2v) is 11.0. The molecule has 1 unspecified atom stereocenters. The molecule has 0 aliphatic carbocycles. The maximum absolute atomic E-state index is 13.3. The summed E-state index contributed by atoms with van der Waals surface area (Å²) in [5.74, 6) is -1.08. The van der Waals surface area contributed by atoms with Gasteiger partial charge in [0.05, 0.1) is 5.57 Å². The number of cyclic esters (lactones) is 1. The first-order valence-corrected chi connectivity index (χ1v) is 14.0. The lowest BCUT2D eigenvalue weighted by Gasteiger charge is -2.27. The zero-order valence-electron chi connectivity index (χ0n) is 21.3. The van der Waals surface area contributed by atoms with Gasteiger partial charge < -0.3 is 14.4 Å². The number of hydrogen-bond donors (Lipinski definition) is 2. The Morgan fingerprint density at radius 3 is 2.41 bits per heavy atom. The average molecular weight is 524 g/mol. The molecule has 0 fully saturated rings. The van der Waals surface area contributed by atoms with E-state index in [2.05, 4.69) is 9.71 Å². The number of benzene rings is 2. The van der Waals surface area contributed by atoms with Crippen LogP contribution in [0.5, 0.6) is 0 Å². The van der Waals surface area contributed by atoms with E-state index in [-0.39, 0.29) is 16.5 Å². The van der Waals surface area contributed by atoms with Gasteiger partial charge in [-0.3, -0.25) is 4.72 Å². The van der Waals surface area contributed by atoms with Crippen LogP contribution in [0.3, 0.4) is 0 Å². The normalized spacial score (nSPS) is 16.0. The SMILES string of the molecule is CCCC1(CCC)OC(=O)C(C(Cc2ccccc2)c2cccc(NS(=O)(=O)c3nccn3C)c2)=C1O. The first-order chi connectivity index (χ1) is 17.7. The number of rotatable bonds is 11. The van der Waals surface area contributed by atoms with Crippen LogP contribution in [0.1, 0.15) is 56.6 Å². The zero-order valence-corrected chi connectivity index (χ0v) is 22.2. The average Bonchev–Trinajstić information content (AvgIpc) is 3.40. The van der Waals surface area contributed by atoms with Crippen molar-refractivity contribution in [2.75, 3.05) is 4.72 Å². The number of sulfonamides is 1. The molecule has 8 nitrogen and oxygen atoms in total. The molecule has 0 radical (unpaired) electrons. The van der Waals surface area contributed by atoms with Crippen LogP contribution in [-0.4, -0.2) is 34.6 Å². The monoisotopic (exact) mass is 523 g/mol. The predicted molar refractivity (Wildman–Crippen MR) is 142 cm³/mol. The molecule has 37 heavy (non-hydrogen) atoms. The van der Waals surface area contributed by atoms with Crippen LogP contribution in [0.4, 0.5) is 5.69 Å². The summed E-state index contributed by atoms with van der Waals surface area (Å²) in [6.45, 7) is 3.99. The van der Waals surface area contributed by atoms with Gasteiger partial charge in [-0.1, -0.05) is 69.2 Å². The summed E-state index contributed by atoms with van der Waals surface area (Å²) in [4.78, 5) is 17.2. The molecule has 2 N–H and O–H groups in total. The molecule has 2 heterocycles. The molecule has 0 spiro atoms. The molecule has 0 bridgehead atoms. The lowest BCUT2D eigenvalue weighted by Crippen LogP contribution is -2.31. The van der Waals surface area contributed by atoms with E-state index < -0.39 is 27.5 Å². The molecular weight excluding hydrogens is 490 g/mol. The van der Waals surface area contributed by atoms with Crippen LogP contribution in [0.25, 0.3) is 0 Å². The molecule has 1 aromatic heterocycles.